The van der Waals surface area contributed by atoms with Crippen LogP contribution in [0.15, 0.2) is 12.1 Å². The van der Waals surface area contributed by atoms with Crippen molar-refractivity contribution >= 4 is 34.1 Å². The van der Waals surface area contributed by atoms with Gasteiger partial charge in [-0.1, -0.05) is 11.6 Å². The van der Waals surface area contributed by atoms with Crippen LogP contribution in [-0.2, 0) is 6.18 Å². The minimum absolute atomic E-state index is 0.0179. The third-order valence-electron chi connectivity index (χ3n) is 4.84. The summed E-state index contributed by atoms with van der Waals surface area (Å²) in [5.74, 6) is -1.18. The molecule has 1 atom stereocenters. The number of Topliss-reactive ketones (excluding diaryl/α,β-unsaturated/α-hetero) is 1. The molecule has 0 saturated carbocycles. The second kappa shape index (κ2) is 7.81. The number of carbonyl (C=O) groups excluding carboxylic acids is 1. The van der Waals surface area contributed by atoms with E-state index in [1.807, 2.05) is 4.90 Å². The molecule has 1 aromatic carbocycles. The van der Waals surface area contributed by atoms with Crippen LogP contribution >= 0.6 is 11.6 Å². The second-order valence-corrected chi connectivity index (χ2v) is 7.10. The first-order valence-electron chi connectivity index (χ1n) is 8.76. The Morgan fingerprint density at radius 3 is 2.59 bits per heavy atom. The van der Waals surface area contributed by atoms with Gasteiger partial charge in [-0.2, -0.15) is 17.9 Å². The quantitative estimate of drug-likeness (QED) is 0.424. The number of halogens is 4. The van der Waals surface area contributed by atoms with Gasteiger partial charge >= 0.3 is 17.6 Å². The van der Waals surface area contributed by atoms with Gasteiger partial charge in [-0.3, -0.25) is 4.79 Å². The molecule has 2 N–H and O–H groups in total. The van der Waals surface area contributed by atoms with E-state index in [4.69, 9.17) is 11.6 Å². The first-order valence-corrected chi connectivity index (χ1v) is 9.14. The molecule has 2 heterocycles. The van der Waals surface area contributed by atoms with Crippen molar-refractivity contribution in [1.82, 2.24) is 5.32 Å². The van der Waals surface area contributed by atoms with E-state index in [1.165, 1.54) is 6.07 Å². The number of rotatable bonds is 4. The first-order chi connectivity index (χ1) is 13.6. The van der Waals surface area contributed by atoms with Crippen molar-refractivity contribution < 1.29 is 32.5 Å². The van der Waals surface area contributed by atoms with Crippen LogP contribution in [0.3, 0.4) is 0 Å². The highest BCUT2D eigenvalue weighted by molar-refractivity contribution is 6.34. The normalized spacial score (nSPS) is 17.7. The lowest BCUT2D eigenvalue weighted by atomic mass is 10.1. The molecule has 0 bridgehead atoms. The number of hydrogen-bond acceptors (Lipinski definition) is 6. The maximum absolute atomic E-state index is 13.4. The van der Waals surface area contributed by atoms with Crippen molar-refractivity contribution in [2.45, 2.75) is 25.6 Å². The Morgan fingerprint density at radius 2 is 2.00 bits per heavy atom. The molecule has 2 aromatic rings. The zero-order chi connectivity index (χ0) is 21.5. The third-order valence-corrected chi connectivity index (χ3v) is 5.14. The number of nitrogens with zero attached hydrogens (tertiary/aromatic N) is 3. The Labute approximate surface area is 168 Å². The fraction of sp³-hybridized carbons (Fsp3) is 0.471. The first kappa shape index (κ1) is 21.3. The Morgan fingerprint density at radius 1 is 1.34 bits per heavy atom. The Hall–Kier alpha value is -2.37. The Kier molecular flexibility index (Phi) is 5.74. The fourth-order valence-electron chi connectivity index (χ4n) is 3.56. The molecule has 0 spiro atoms. The van der Waals surface area contributed by atoms with Gasteiger partial charge in [-0.15, -0.1) is 4.73 Å². The lowest BCUT2D eigenvalue weighted by molar-refractivity contribution is -0.647. The van der Waals surface area contributed by atoms with E-state index in [1.54, 1.807) is 0 Å². The topological polar surface area (TPSA) is 106 Å². The van der Waals surface area contributed by atoms with Gasteiger partial charge in [0, 0.05) is 51.3 Å². The van der Waals surface area contributed by atoms with Crippen LogP contribution in [0.5, 0.6) is 0 Å². The summed E-state index contributed by atoms with van der Waals surface area (Å²) in [4.78, 5) is 13.6. The van der Waals surface area contributed by atoms with Gasteiger partial charge in [-0.05, 0) is 6.42 Å². The van der Waals surface area contributed by atoms with Crippen molar-refractivity contribution in [3.63, 3.8) is 0 Å². The SMILES string of the molecule is CC(=O)c1c(C(F)(F)F)[n+]([O-])c2cc(Cl)c(N3CCNCC3CCO)cc2[n+]1[O-]. The average Bonchev–Trinajstić information content (AvgIpc) is 2.63. The van der Waals surface area contributed by atoms with E-state index in [2.05, 4.69) is 5.32 Å². The summed E-state index contributed by atoms with van der Waals surface area (Å²) < 4.78 is 39.5. The minimum Gasteiger partial charge on any atom is -0.618 e. The molecule has 1 unspecified atom stereocenters. The molecule has 1 fully saturated rings. The molecular formula is C17H18ClF3N4O4. The minimum atomic E-state index is -5.21. The molecule has 0 aliphatic carbocycles. The number of ketones is 1. The summed E-state index contributed by atoms with van der Waals surface area (Å²) in [5.41, 5.74) is -3.83. The molecule has 12 heteroatoms. The van der Waals surface area contributed by atoms with Crippen LogP contribution < -0.4 is 19.7 Å². The van der Waals surface area contributed by atoms with E-state index >= 15 is 0 Å². The van der Waals surface area contributed by atoms with Crippen LogP contribution in [0, 0.1) is 10.4 Å². The lowest BCUT2D eigenvalue weighted by Gasteiger charge is -2.38. The van der Waals surface area contributed by atoms with E-state index in [0.29, 0.717) is 31.7 Å². The molecule has 1 aliphatic rings. The van der Waals surface area contributed by atoms with Crippen molar-refractivity contribution in [1.29, 1.82) is 0 Å². The number of alkyl halides is 3. The Balaban J connectivity index is 2.29. The van der Waals surface area contributed by atoms with Gasteiger partial charge < -0.3 is 25.7 Å². The predicted molar refractivity (Wildman–Crippen MR) is 97.6 cm³/mol. The number of carbonyl (C=O) groups is 1. The number of aromatic nitrogens is 2. The second-order valence-electron chi connectivity index (χ2n) is 6.70. The van der Waals surface area contributed by atoms with Gasteiger partial charge in [0.25, 0.3) is 11.0 Å². The smallest absolute Gasteiger partial charge is 0.486 e. The molecule has 29 heavy (non-hydrogen) atoms. The summed E-state index contributed by atoms with van der Waals surface area (Å²) in [6.07, 6.45) is -4.81. The van der Waals surface area contributed by atoms with Gasteiger partial charge in [0.15, 0.2) is 0 Å². The largest absolute Gasteiger partial charge is 0.618 e. The number of fused-ring (bicyclic) bond motifs is 1. The maximum Gasteiger partial charge on any atom is 0.486 e. The van der Waals surface area contributed by atoms with Gasteiger partial charge in [0.1, 0.15) is 0 Å². The van der Waals surface area contributed by atoms with E-state index in [9.17, 15) is 33.5 Å². The number of nitrogens with one attached hydrogen (secondary N) is 1. The molecule has 1 aromatic heterocycles. The van der Waals surface area contributed by atoms with E-state index < -0.39 is 39.1 Å². The number of anilines is 1. The van der Waals surface area contributed by atoms with Gasteiger partial charge in [-0.25, -0.2) is 0 Å². The van der Waals surface area contributed by atoms with Crippen molar-refractivity contribution in [2.75, 3.05) is 31.1 Å². The monoisotopic (exact) mass is 434 g/mol. The maximum atomic E-state index is 13.4. The zero-order valence-electron chi connectivity index (χ0n) is 15.3. The molecular weight excluding hydrogens is 417 g/mol. The molecule has 8 nitrogen and oxygen atoms in total. The summed E-state index contributed by atoms with van der Waals surface area (Å²) in [5, 5.41) is 37.5. The third kappa shape index (κ3) is 3.77. The summed E-state index contributed by atoms with van der Waals surface area (Å²) in [6, 6.07) is 2.02. The zero-order valence-corrected chi connectivity index (χ0v) is 16.0. The Bertz CT molecular complexity index is 968. The van der Waals surface area contributed by atoms with E-state index in [-0.39, 0.29) is 22.4 Å². The highest BCUT2D eigenvalue weighted by Crippen LogP contribution is 2.34. The van der Waals surface area contributed by atoms with Crippen LogP contribution in [0.1, 0.15) is 29.5 Å². The van der Waals surface area contributed by atoms with Crippen LogP contribution in [0.2, 0.25) is 5.02 Å². The van der Waals surface area contributed by atoms with Crippen LogP contribution in [0.25, 0.3) is 11.0 Å². The molecule has 1 aliphatic heterocycles. The van der Waals surface area contributed by atoms with Gasteiger partial charge in [0.05, 0.1) is 10.7 Å². The summed E-state index contributed by atoms with van der Waals surface area (Å²) in [6.45, 7) is 2.27. The standard InChI is InChI=1S/C17H18ClF3N4O4/c1-9(27)15-16(17(19,20)21)25(29)13-6-11(18)12(7-14(13)24(15)28)23-4-3-22-8-10(23)2-5-26/h6-7,10,22,26H,2-5,8H2,1H3. The predicted octanol–water partition coefficient (Wildman–Crippen LogP) is 1.14. The number of aliphatic hydroxyl groups excluding tert-OH is 1. The highest BCUT2D eigenvalue weighted by Gasteiger charge is 2.50. The highest BCUT2D eigenvalue weighted by atomic mass is 35.5. The molecule has 0 amide bonds. The van der Waals surface area contributed by atoms with Crippen LogP contribution in [0.4, 0.5) is 18.9 Å². The van der Waals surface area contributed by atoms with Crippen LogP contribution in [-0.4, -0.2) is 43.2 Å². The van der Waals surface area contributed by atoms with Crippen molar-refractivity contribution in [3.8, 4) is 0 Å². The number of piperazine rings is 1. The molecule has 1 saturated heterocycles. The average molecular weight is 435 g/mol. The molecule has 0 radical (unpaired) electrons. The van der Waals surface area contributed by atoms with Crippen molar-refractivity contribution in [2.24, 2.45) is 0 Å². The number of benzene rings is 1. The fourth-order valence-corrected chi connectivity index (χ4v) is 3.83. The summed E-state index contributed by atoms with van der Waals surface area (Å²) in [7, 11) is 0. The molecule has 158 valence electrons. The number of aliphatic hydroxyl groups is 1. The van der Waals surface area contributed by atoms with Crippen molar-refractivity contribution in [3.05, 3.63) is 39.0 Å². The summed E-state index contributed by atoms with van der Waals surface area (Å²) >= 11 is 6.26. The lowest BCUT2D eigenvalue weighted by Crippen LogP contribution is -2.52. The number of hydrogen-bond donors (Lipinski definition) is 2. The van der Waals surface area contributed by atoms with E-state index in [0.717, 1.165) is 13.0 Å². The van der Waals surface area contributed by atoms with Gasteiger partial charge in [0.2, 0.25) is 5.78 Å². The molecule has 3 rings (SSSR count).